The molecule has 5 rings (SSSR count). The minimum absolute atomic E-state index is 0.0626. The van der Waals surface area contributed by atoms with Gasteiger partial charge >= 0.3 is 6.18 Å². The van der Waals surface area contributed by atoms with Crippen molar-refractivity contribution in [3.05, 3.63) is 75.8 Å². The van der Waals surface area contributed by atoms with Gasteiger partial charge in [-0.2, -0.15) is 13.2 Å². The number of fused-ring (bicyclic) bond motifs is 2. The summed E-state index contributed by atoms with van der Waals surface area (Å²) in [5.41, 5.74) is -0.265. The number of aromatic nitrogens is 5. The molecule has 4 aromatic rings. The molecule has 180 valence electrons. The van der Waals surface area contributed by atoms with Crippen molar-refractivity contribution >= 4 is 17.1 Å². The fourth-order valence-corrected chi connectivity index (χ4v) is 3.59. The molecule has 0 saturated heterocycles. The largest absolute Gasteiger partial charge is 0.454 e. The van der Waals surface area contributed by atoms with Gasteiger partial charge in [-0.15, -0.1) is 5.10 Å². The Labute approximate surface area is 194 Å². The van der Waals surface area contributed by atoms with Crippen LogP contribution in [0.15, 0.2) is 53.6 Å². The predicted octanol–water partition coefficient (Wildman–Crippen LogP) is 2.10. The van der Waals surface area contributed by atoms with Crippen LogP contribution in [0.2, 0.25) is 0 Å². The quantitative estimate of drug-likeness (QED) is 0.444. The van der Waals surface area contributed by atoms with Gasteiger partial charge in [0.25, 0.3) is 5.56 Å². The Balaban J connectivity index is 1.28. The van der Waals surface area contributed by atoms with Crippen LogP contribution in [0.3, 0.4) is 0 Å². The lowest BCUT2D eigenvalue weighted by atomic mass is 10.1. The van der Waals surface area contributed by atoms with Crippen LogP contribution in [0.4, 0.5) is 13.2 Å². The summed E-state index contributed by atoms with van der Waals surface area (Å²) in [5.74, 6) is 0.797. The molecule has 0 radical (unpaired) electrons. The molecule has 13 heteroatoms. The van der Waals surface area contributed by atoms with E-state index in [1.165, 1.54) is 23.1 Å². The number of halogens is 3. The van der Waals surface area contributed by atoms with Gasteiger partial charge in [0.15, 0.2) is 22.7 Å². The molecule has 0 unspecified atom stereocenters. The van der Waals surface area contributed by atoms with Crippen LogP contribution in [-0.2, 0) is 30.6 Å². The second kappa shape index (κ2) is 8.74. The first kappa shape index (κ1) is 22.4. The number of ether oxygens (including phenoxy) is 2. The minimum Gasteiger partial charge on any atom is -0.454 e. The zero-order chi connectivity index (χ0) is 24.6. The highest BCUT2D eigenvalue weighted by Crippen LogP contribution is 2.32. The molecular weight excluding hydrogens is 469 g/mol. The average molecular weight is 486 g/mol. The molecule has 10 nitrogen and oxygen atoms in total. The van der Waals surface area contributed by atoms with Crippen molar-refractivity contribution in [3.63, 3.8) is 0 Å². The lowest BCUT2D eigenvalue weighted by Crippen LogP contribution is -2.32. The van der Waals surface area contributed by atoms with E-state index < -0.39 is 23.2 Å². The zero-order valence-electron chi connectivity index (χ0n) is 18.0. The Morgan fingerprint density at radius 2 is 1.91 bits per heavy atom. The van der Waals surface area contributed by atoms with Crippen LogP contribution in [0.25, 0.3) is 11.2 Å². The van der Waals surface area contributed by atoms with Gasteiger partial charge in [0.1, 0.15) is 12.9 Å². The lowest BCUT2D eigenvalue weighted by Gasteiger charge is -2.09. The number of carbonyl (C=O) groups is 1. The van der Waals surface area contributed by atoms with E-state index in [-0.39, 0.29) is 37.6 Å². The molecule has 1 aliphatic rings. The molecule has 0 saturated carbocycles. The summed E-state index contributed by atoms with van der Waals surface area (Å²) in [6, 6.07) is 10.1. The first-order valence-electron chi connectivity index (χ1n) is 10.4. The lowest BCUT2D eigenvalue weighted by molar-refractivity contribution is -0.137. The van der Waals surface area contributed by atoms with E-state index in [4.69, 9.17) is 9.47 Å². The number of alkyl halides is 3. The van der Waals surface area contributed by atoms with Gasteiger partial charge in [-0.1, -0.05) is 23.4 Å². The SMILES string of the molecule is O=C(Cn1cnc2c(nnn2Cc2cccc(C(F)(F)F)c2)c1=O)NCc1ccc2c(c1)OCO2. The molecule has 0 bridgehead atoms. The van der Waals surface area contributed by atoms with E-state index in [1.54, 1.807) is 18.2 Å². The van der Waals surface area contributed by atoms with Crippen LogP contribution in [-0.4, -0.2) is 37.2 Å². The fraction of sp³-hybridized carbons (Fsp3) is 0.227. The van der Waals surface area contributed by atoms with Gasteiger partial charge in [0.05, 0.1) is 12.1 Å². The summed E-state index contributed by atoms with van der Waals surface area (Å²) in [5, 5.41) is 10.4. The van der Waals surface area contributed by atoms with Crippen molar-refractivity contribution < 1.29 is 27.4 Å². The van der Waals surface area contributed by atoms with E-state index in [9.17, 15) is 22.8 Å². The average Bonchev–Trinajstić information content (AvgIpc) is 3.46. The molecule has 35 heavy (non-hydrogen) atoms. The topological polar surface area (TPSA) is 113 Å². The van der Waals surface area contributed by atoms with E-state index >= 15 is 0 Å². The summed E-state index contributed by atoms with van der Waals surface area (Å²) in [6.45, 7) is 0.000869. The molecule has 0 atom stereocenters. The number of carbonyl (C=O) groups excluding carboxylic acids is 1. The standard InChI is InChI=1S/C22H17F3N6O4/c23-22(24,25)15-3-1-2-14(6-15)9-31-20-19(28-29-31)21(33)30(11-27-20)10-18(32)26-8-13-4-5-16-17(7-13)35-12-34-16/h1-7,11H,8-10,12H2,(H,26,32). The summed E-state index contributed by atoms with van der Waals surface area (Å²) < 4.78 is 51.8. The summed E-state index contributed by atoms with van der Waals surface area (Å²) in [4.78, 5) is 29.3. The van der Waals surface area contributed by atoms with Gasteiger partial charge < -0.3 is 14.8 Å². The molecule has 2 aromatic carbocycles. The molecule has 0 aliphatic carbocycles. The molecule has 1 N–H and O–H groups in total. The van der Waals surface area contributed by atoms with Crippen LogP contribution >= 0.6 is 0 Å². The van der Waals surface area contributed by atoms with E-state index in [1.807, 2.05) is 0 Å². The highest BCUT2D eigenvalue weighted by atomic mass is 19.4. The summed E-state index contributed by atoms with van der Waals surface area (Å²) in [7, 11) is 0. The third-order valence-corrected chi connectivity index (χ3v) is 5.32. The number of benzene rings is 2. The first-order valence-corrected chi connectivity index (χ1v) is 10.4. The number of nitrogens with zero attached hydrogens (tertiary/aromatic N) is 5. The predicted molar refractivity (Wildman–Crippen MR) is 115 cm³/mol. The highest BCUT2D eigenvalue weighted by molar-refractivity contribution is 5.76. The molecule has 0 fully saturated rings. The van der Waals surface area contributed by atoms with Crippen molar-refractivity contribution in [2.24, 2.45) is 0 Å². The highest BCUT2D eigenvalue weighted by Gasteiger charge is 2.30. The minimum atomic E-state index is -4.48. The number of hydrogen-bond acceptors (Lipinski definition) is 7. The van der Waals surface area contributed by atoms with Crippen LogP contribution in [0.5, 0.6) is 11.5 Å². The Morgan fingerprint density at radius 3 is 2.74 bits per heavy atom. The van der Waals surface area contributed by atoms with Crippen LogP contribution in [0, 0.1) is 0 Å². The number of amides is 1. The molecule has 3 heterocycles. The van der Waals surface area contributed by atoms with Crippen molar-refractivity contribution in [2.45, 2.75) is 25.8 Å². The smallest absolute Gasteiger partial charge is 0.416 e. The van der Waals surface area contributed by atoms with E-state index in [0.29, 0.717) is 17.1 Å². The first-order chi connectivity index (χ1) is 16.8. The zero-order valence-corrected chi connectivity index (χ0v) is 18.0. The Kier molecular flexibility index (Phi) is 5.59. The summed E-state index contributed by atoms with van der Waals surface area (Å²) in [6.07, 6.45) is -3.30. The number of nitrogens with one attached hydrogen (secondary N) is 1. The maximum atomic E-state index is 13.0. The van der Waals surface area contributed by atoms with Gasteiger partial charge in [-0.3, -0.25) is 14.2 Å². The third kappa shape index (κ3) is 4.65. The van der Waals surface area contributed by atoms with Crippen molar-refractivity contribution in [1.29, 1.82) is 0 Å². The van der Waals surface area contributed by atoms with Crippen molar-refractivity contribution in [2.75, 3.05) is 6.79 Å². The van der Waals surface area contributed by atoms with Crippen LogP contribution in [0.1, 0.15) is 16.7 Å². The van der Waals surface area contributed by atoms with Gasteiger partial charge in [0.2, 0.25) is 12.7 Å². The Morgan fingerprint density at radius 1 is 1.09 bits per heavy atom. The van der Waals surface area contributed by atoms with Crippen molar-refractivity contribution in [3.8, 4) is 11.5 Å². The number of rotatable bonds is 6. The van der Waals surface area contributed by atoms with Gasteiger partial charge in [-0.25, -0.2) is 9.67 Å². The van der Waals surface area contributed by atoms with Gasteiger partial charge in [-0.05, 0) is 35.4 Å². The molecule has 1 amide bonds. The Bertz CT molecular complexity index is 1480. The van der Waals surface area contributed by atoms with Crippen LogP contribution < -0.4 is 20.3 Å². The second-order valence-electron chi connectivity index (χ2n) is 7.76. The molecule has 0 spiro atoms. The normalized spacial score (nSPS) is 12.8. The van der Waals surface area contributed by atoms with E-state index in [2.05, 4.69) is 20.6 Å². The molecule has 1 aliphatic heterocycles. The maximum Gasteiger partial charge on any atom is 0.416 e. The van der Waals surface area contributed by atoms with Crippen molar-refractivity contribution in [1.82, 2.24) is 29.9 Å². The van der Waals surface area contributed by atoms with Gasteiger partial charge in [0, 0.05) is 6.54 Å². The monoisotopic (exact) mass is 486 g/mol. The maximum absolute atomic E-state index is 13.0. The third-order valence-electron chi connectivity index (χ3n) is 5.32. The number of hydrogen-bond donors (Lipinski definition) is 1. The van der Waals surface area contributed by atoms with E-state index in [0.717, 1.165) is 22.3 Å². The molecular formula is C22H17F3N6O4. The Hall–Kier alpha value is -4.42. The molecule has 2 aromatic heterocycles. The summed E-state index contributed by atoms with van der Waals surface area (Å²) >= 11 is 0. The second-order valence-corrected chi connectivity index (χ2v) is 7.76. The fourth-order valence-electron chi connectivity index (χ4n) is 3.59.